The normalized spacial score (nSPS) is 14.3. The molecule has 7 heteroatoms. The summed E-state index contributed by atoms with van der Waals surface area (Å²) in [5, 5.41) is 14.1. The molecule has 0 saturated carbocycles. The molecule has 0 unspecified atom stereocenters. The first kappa shape index (κ1) is 12.5. The Morgan fingerprint density at radius 2 is 2.14 bits per heavy atom. The van der Waals surface area contributed by atoms with Crippen molar-refractivity contribution in [2.75, 3.05) is 6.54 Å². The molecular weight excluding hydrogens is 288 g/mol. The van der Waals surface area contributed by atoms with Crippen molar-refractivity contribution in [3.05, 3.63) is 51.1 Å². The fraction of sp³-hybridized carbons (Fsp3) is 0.214. The summed E-state index contributed by atoms with van der Waals surface area (Å²) in [5.74, 6) is 0. The SMILES string of the molecule is O=[N+]([O-])c1ccc(-c2cn3c4c(sc3n2)CNCC4)cc1. The quantitative estimate of drug-likeness (QED) is 0.583. The number of hydrogen-bond donors (Lipinski definition) is 1. The van der Waals surface area contributed by atoms with Gasteiger partial charge in [-0.2, -0.15) is 0 Å². The lowest BCUT2D eigenvalue weighted by Gasteiger charge is -2.11. The van der Waals surface area contributed by atoms with Crippen LogP contribution in [0.15, 0.2) is 30.5 Å². The summed E-state index contributed by atoms with van der Waals surface area (Å²) in [5.41, 5.74) is 3.19. The molecule has 0 bridgehead atoms. The van der Waals surface area contributed by atoms with Crippen LogP contribution in [-0.4, -0.2) is 20.9 Å². The lowest BCUT2D eigenvalue weighted by Crippen LogP contribution is -2.23. The minimum atomic E-state index is -0.390. The number of nitro groups is 1. The van der Waals surface area contributed by atoms with E-state index in [0.717, 1.165) is 35.7 Å². The van der Waals surface area contributed by atoms with E-state index < -0.39 is 0 Å². The zero-order valence-corrected chi connectivity index (χ0v) is 11.9. The molecule has 0 radical (unpaired) electrons. The summed E-state index contributed by atoms with van der Waals surface area (Å²) in [6, 6.07) is 6.53. The van der Waals surface area contributed by atoms with Crippen LogP contribution >= 0.6 is 11.3 Å². The van der Waals surface area contributed by atoms with Gasteiger partial charge >= 0.3 is 0 Å². The molecule has 1 aliphatic heterocycles. The van der Waals surface area contributed by atoms with Crippen molar-refractivity contribution < 1.29 is 4.92 Å². The molecule has 21 heavy (non-hydrogen) atoms. The molecule has 1 aromatic carbocycles. The molecule has 0 atom stereocenters. The van der Waals surface area contributed by atoms with Gasteiger partial charge in [0, 0.05) is 54.0 Å². The van der Waals surface area contributed by atoms with Crippen molar-refractivity contribution in [1.82, 2.24) is 14.7 Å². The summed E-state index contributed by atoms with van der Waals surface area (Å²) in [6.07, 6.45) is 3.03. The summed E-state index contributed by atoms with van der Waals surface area (Å²) >= 11 is 1.70. The Hall–Kier alpha value is -2.25. The number of thiazole rings is 1. The minimum absolute atomic E-state index is 0.100. The Bertz CT molecular complexity index is 835. The number of aromatic nitrogens is 2. The number of non-ortho nitro benzene ring substituents is 1. The highest BCUT2D eigenvalue weighted by Gasteiger charge is 2.18. The van der Waals surface area contributed by atoms with Crippen molar-refractivity contribution in [3.63, 3.8) is 0 Å². The van der Waals surface area contributed by atoms with Gasteiger partial charge in [0.2, 0.25) is 0 Å². The molecule has 0 saturated heterocycles. The molecule has 1 aliphatic rings. The number of nitro benzene ring substituents is 1. The van der Waals surface area contributed by atoms with E-state index in [0.29, 0.717) is 0 Å². The van der Waals surface area contributed by atoms with Crippen molar-refractivity contribution in [1.29, 1.82) is 0 Å². The number of nitrogens with zero attached hydrogens (tertiary/aromatic N) is 3. The second-order valence-corrected chi connectivity index (χ2v) is 6.04. The summed E-state index contributed by atoms with van der Waals surface area (Å²) in [4.78, 5) is 17.3. The van der Waals surface area contributed by atoms with Crippen molar-refractivity contribution in [2.24, 2.45) is 0 Å². The molecule has 3 aromatic rings. The van der Waals surface area contributed by atoms with Gasteiger partial charge in [0.1, 0.15) is 0 Å². The van der Waals surface area contributed by atoms with E-state index >= 15 is 0 Å². The second-order valence-electron chi connectivity index (χ2n) is 4.98. The van der Waals surface area contributed by atoms with Crippen molar-refractivity contribution in [2.45, 2.75) is 13.0 Å². The lowest BCUT2D eigenvalue weighted by molar-refractivity contribution is -0.384. The van der Waals surface area contributed by atoms with Gasteiger partial charge in [-0.15, -0.1) is 0 Å². The molecular formula is C14H12N4O2S. The van der Waals surface area contributed by atoms with Gasteiger partial charge < -0.3 is 5.32 Å². The largest absolute Gasteiger partial charge is 0.311 e. The van der Waals surface area contributed by atoms with Gasteiger partial charge in [-0.05, 0) is 12.1 Å². The highest BCUT2D eigenvalue weighted by atomic mass is 32.1. The van der Waals surface area contributed by atoms with E-state index in [9.17, 15) is 10.1 Å². The Morgan fingerprint density at radius 1 is 1.33 bits per heavy atom. The van der Waals surface area contributed by atoms with Gasteiger partial charge in [-0.3, -0.25) is 14.5 Å². The maximum Gasteiger partial charge on any atom is 0.269 e. The predicted molar refractivity (Wildman–Crippen MR) is 80.6 cm³/mol. The third-order valence-electron chi connectivity index (χ3n) is 3.70. The van der Waals surface area contributed by atoms with Gasteiger partial charge in [0.25, 0.3) is 5.69 Å². The Kier molecular flexibility index (Phi) is 2.76. The number of hydrogen-bond acceptors (Lipinski definition) is 5. The number of rotatable bonds is 2. The third-order valence-corrected chi connectivity index (χ3v) is 4.80. The second kappa shape index (κ2) is 4.64. The molecule has 3 heterocycles. The first-order valence-corrected chi connectivity index (χ1v) is 7.49. The number of benzene rings is 1. The predicted octanol–water partition coefficient (Wildman–Crippen LogP) is 2.62. The van der Waals surface area contributed by atoms with Gasteiger partial charge in [0.15, 0.2) is 4.96 Å². The van der Waals surface area contributed by atoms with Crippen LogP contribution in [-0.2, 0) is 13.0 Å². The van der Waals surface area contributed by atoms with Crippen LogP contribution in [0.25, 0.3) is 16.2 Å². The lowest BCUT2D eigenvalue weighted by atomic mass is 10.1. The molecule has 0 aliphatic carbocycles. The van der Waals surface area contributed by atoms with E-state index in [1.54, 1.807) is 23.5 Å². The molecule has 1 N–H and O–H groups in total. The van der Waals surface area contributed by atoms with Gasteiger partial charge in [0.05, 0.1) is 10.6 Å². The molecule has 6 nitrogen and oxygen atoms in total. The monoisotopic (exact) mass is 300 g/mol. The topological polar surface area (TPSA) is 72.5 Å². The average molecular weight is 300 g/mol. The van der Waals surface area contributed by atoms with Crippen LogP contribution in [0.1, 0.15) is 10.6 Å². The Morgan fingerprint density at radius 3 is 2.90 bits per heavy atom. The summed E-state index contributed by atoms with van der Waals surface area (Å²) < 4.78 is 2.15. The molecule has 0 fully saturated rings. The van der Waals surface area contributed by atoms with Crippen LogP contribution in [0.4, 0.5) is 5.69 Å². The first-order chi connectivity index (χ1) is 10.2. The number of fused-ring (bicyclic) bond motifs is 3. The van der Waals surface area contributed by atoms with Crippen molar-refractivity contribution in [3.8, 4) is 11.3 Å². The van der Waals surface area contributed by atoms with Crippen molar-refractivity contribution >= 4 is 22.0 Å². The fourth-order valence-corrected chi connectivity index (χ4v) is 3.75. The number of imidazole rings is 1. The zero-order valence-electron chi connectivity index (χ0n) is 11.1. The van der Waals surface area contributed by atoms with E-state index in [4.69, 9.17) is 0 Å². The van der Waals surface area contributed by atoms with Crippen LogP contribution in [0, 0.1) is 10.1 Å². The van der Waals surface area contributed by atoms with Gasteiger partial charge in [-0.1, -0.05) is 11.3 Å². The molecule has 4 rings (SSSR count). The van der Waals surface area contributed by atoms with E-state index in [1.165, 1.54) is 22.7 Å². The zero-order chi connectivity index (χ0) is 14.4. The molecule has 0 spiro atoms. The van der Waals surface area contributed by atoms with Crippen LogP contribution in [0.5, 0.6) is 0 Å². The maximum atomic E-state index is 10.7. The van der Waals surface area contributed by atoms with E-state index in [1.807, 2.05) is 6.20 Å². The first-order valence-electron chi connectivity index (χ1n) is 6.67. The van der Waals surface area contributed by atoms with E-state index in [2.05, 4.69) is 14.7 Å². The van der Waals surface area contributed by atoms with Gasteiger partial charge in [-0.25, -0.2) is 4.98 Å². The molecule has 106 valence electrons. The highest BCUT2D eigenvalue weighted by molar-refractivity contribution is 7.17. The molecule has 2 aromatic heterocycles. The fourth-order valence-electron chi connectivity index (χ4n) is 2.63. The van der Waals surface area contributed by atoms with E-state index in [-0.39, 0.29) is 10.6 Å². The van der Waals surface area contributed by atoms with Crippen LogP contribution < -0.4 is 5.32 Å². The minimum Gasteiger partial charge on any atom is -0.311 e. The van der Waals surface area contributed by atoms with Crippen LogP contribution in [0.3, 0.4) is 0 Å². The number of nitrogens with one attached hydrogen (secondary N) is 1. The molecule has 0 amide bonds. The third kappa shape index (κ3) is 2.01. The standard InChI is InChI=1S/C14H12N4O2S/c19-18(20)10-3-1-9(2-4-10)11-8-17-12-5-6-15-7-13(12)21-14(17)16-11/h1-4,8,15H,5-7H2. The summed E-state index contributed by atoms with van der Waals surface area (Å²) in [6.45, 7) is 1.90. The maximum absolute atomic E-state index is 10.7. The Labute approximate surface area is 124 Å². The summed E-state index contributed by atoms with van der Waals surface area (Å²) in [7, 11) is 0. The Balaban J connectivity index is 1.76. The van der Waals surface area contributed by atoms with Crippen LogP contribution in [0.2, 0.25) is 0 Å². The highest BCUT2D eigenvalue weighted by Crippen LogP contribution is 2.29. The average Bonchev–Trinajstić information content (AvgIpc) is 3.05. The smallest absolute Gasteiger partial charge is 0.269 e.